The highest BCUT2D eigenvalue weighted by atomic mass is 32.1. The fraction of sp³-hybridized carbons (Fsp3) is 0.0909. The first-order valence-corrected chi connectivity index (χ1v) is 9.09. The molecular weight excluding hydrogens is 340 g/mol. The van der Waals surface area contributed by atoms with E-state index in [4.69, 9.17) is 6.42 Å². The van der Waals surface area contributed by atoms with Gasteiger partial charge in [-0.05, 0) is 41.5 Å². The number of thiazole rings is 1. The average molecular weight is 356 g/mol. The predicted octanol–water partition coefficient (Wildman–Crippen LogP) is 4.54. The second kappa shape index (κ2) is 6.62. The summed E-state index contributed by atoms with van der Waals surface area (Å²) in [6.45, 7) is 2.42. The van der Waals surface area contributed by atoms with Gasteiger partial charge >= 0.3 is 0 Å². The average Bonchev–Trinajstić information content (AvgIpc) is 2.97. The summed E-state index contributed by atoms with van der Waals surface area (Å²) in [6.07, 6.45) is 5.53. The molecule has 3 aromatic carbocycles. The van der Waals surface area contributed by atoms with Crippen LogP contribution in [0.4, 0.5) is 0 Å². The van der Waals surface area contributed by atoms with E-state index in [2.05, 4.69) is 17.0 Å². The number of nitrogens with zero attached hydrogens (tertiary/aromatic N) is 2. The Morgan fingerprint density at radius 1 is 1.15 bits per heavy atom. The van der Waals surface area contributed by atoms with Crippen LogP contribution in [0.1, 0.15) is 15.9 Å². The summed E-state index contributed by atoms with van der Waals surface area (Å²) < 4.78 is 2.99. The van der Waals surface area contributed by atoms with E-state index in [1.165, 1.54) is 16.9 Å². The Bertz CT molecular complexity index is 1250. The molecule has 4 rings (SSSR count). The third kappa shape index (κ3) is 2.83. The van der Waals surface area contributed by atoms with Crippen LogP contribution in [0.5, 0.6) is 0 Å². The molecule has 0 N–H and O–H groups in total. The van der Waals surface area contributed by atoms with Crippen LogP contribution in [0.15, 0.2) is 65.7 Å². The van der Waals surface area contributed by atoms with Crippen LogP contribution >= 0.6 is 11.3 Å². The minimum atomic E-state index is -0.254. The summed E-state index contributed by atoms with van der Waals surface area (Å²) >= 11 is 1.49. The fourth-order valence-corrected chi connectivity index (χ4v) is 4.19. The van der Waals surface area contributed by atoms with Gasteiger partial charge in [-0.2, -0.15) is 4.99 Å². The third-order valence-corrected chi connectivity index (χ3v) is 5.35. The number of hydrogen-bond acceptors (Lipinski definition) is 2. The maximum absolute atomic E-state index is 12.9. The molecule has 0 aliphatic heterocycles. The summed E-state index contributed by atoms with van der Waals surface area (Å²) in [4.78, 5) is 17.9. The molecule has 26 heavy (non-hydrogen) atoms. The van der Waals surface area contributed by atoms with Gasteiger partial charge in [-0.25, -0.2) is 0 Å². The minimum absolute atomic E-state index is 0.254. The zero-order valence-electron chi connectivity index (χ0n) is 14.3. The molecule has 0 bridgehead atoms. The predicted molar refractivity (Wildman–Crippen MR) is 107 cm³/mol. The van der Waals surface area contributed by atoms with Gasteiger partial charge in [-0.15, -0.1) is 6.42 Å². The van der Waals surface area contributed by atoms with Gasteiger partial charge in [0.15, 0.2) is 4.80 Å². The molecule has 0 radical (unpaired) electrons. The Morgan fingerprint density at radius 3 is 2.81 bits per heavy atom. The second-order valence-electron chi connectivity index (χ2n) is 6.09. The van der Waals surface area contributed by atoms with Gasteiger partial charge < -0.3 is 4.57 Å². The van der Waals surface area contributed by atoms with Gasteiger partial charge in [-0.1, -0.05) is 59.7 Å². The van der Waals surface area contributed by atoms with Crippen molar-refractivity contribution >= 4 is 38.2 Å². The van der Waals surface area contributed by atoms with Crippen LogP contribution < -0.4 is 4.80 Å². The quantitative estimate of drug-likeness (QED) is 0.486. The highest BCUT2D eigenvalue weighted by Gasteiger charge is 2.11. The molecular formula is C22H16N2OS. The molecule has 126 valence electrons. The van der Waals surface area contributed by atoms with Crippen molar-refractivity contribution in [2.24, 2.45) is 4.99 Å². The van der Waals surface area contributed by atoms with Gasteiger partial charge in [0.05, 0.1) is 16.8 Å². The monoisotopic (exact) mass is 356 g/mol. The molecule has 0 fully saturated rings. The maximum atomic E-state index is 12.9. The largest absolute Gasteiger partial charge is 0.305 e. The van der Waals surface area contributed by atoms with E-state index in [1.807, 2.05) is 66.1 Å². The van der Waals surface area contributed by atoms with Crippen LogP contribution in [0.25, 0.3) is 21.0 Å². The Kier molecular flexibility index (Phi) is 4.16. The number of amides is 1. The van der Waals surface area contributed by atoms with Crippen molar-refractivity contribution in [1.29, 1.82) is 0 Å². The lowest BCUT2D eigenvalue weighted by atomic mass is 10.0. The van der Waals surface area contributed by atoms with E-state index < -0.39 is 0 Å². The molecule has 3 nitrogen and oxygen atoms in total. The van der Waals surface area contributed by atoms with Crippen molar-refractivity contribution in [2.45, 2.75) is 13.5 Å². The number of aryl methyl sites for hydroxylation is 1. The zero-order chi connectivity index (χ0) is 18.1. The summed E-state index contributed by atoms with van der Waals surface area (Å²) in [6, 6.07) is 19.7. The summed E-state index contributed by atoms with van der Waals surface area (Å²) in [5.74, 6) is 2.40. The van der Waals surface area contributed by atoms with Crippen molar-refractivity contribution in [3.63, 3.8) is 0 Å². The number of hydrogen-bond donors (Lipinski definition) is 0. The molecule has 1 amide bonds. The fourth-order valence-electron chi connectivity index (χ4n) is 3.07. The van der Waals surface area contributed by atoms with Gasteiger partial charge in [0.1, 0.15) is 0 Å². The van der Waals surface area contributed by atoms with E-state index in [-0.39, 0.29) is 5.91 Å². The molecule has 0 spiro atoms. The van der Waals surface area contributed by atoms with Gasteiger partial charge in [0.25, 0.3) is 5.91 Å². The van der Waals surface area contributed by atoms with E-state index in [1.54, 1.807) is 0 Å². The first-order chi connectivity index (χ1) is 12.7. The smallest absolute Gasteiger partial charge is 0.280 e. The van der Waals surface area contributed by atoms with Crippen LogP contribution in [0.2, 0.25) is 0 Å². The van der Waals surface area contributed by atoms with E-state index in [9.17, 15) is 4.79 Å². The van der Waals surface area contributed by atoms with Crippen molar-refractivity contribution in [3.05, 3.63) is 76.6 Å². The molecule has 0 saturated carbocycles. The van der Waals surface area contributed by atoms with Crippen LogP contribution in [-0.2, 0) is 6.54 Å². The van der Waals surface area contributed by atoms with E-state index in [0.717, 1.165) is 21.0 Å². The maximum Gasteiger partial charge on any atom is 0.280 e. The molecule has 0 saturated heterocycles. The minimum Gasteiger partial charge on any atom is -0.305 e. The number of aromatic nitrogens is 1. The Hall–Kier alpha value is -3.16. The second-order valence-corrected chi connectivity index (χ2v) is 7.10. The Balaban J connectivity index is 1.91. The number of terminal acetylenes is 1. The molecule has 0 aliphatic carbocycles. The van der Waals surface area contributed by atoms with Crippen LogP contribution in [0, 0.1) is 19.3 Å². The van der Waals surface area contributed by atoms with Crippen LogP contribution in [0.3, 0.4) is 0 Å². The third-order valence-electron chi connectivity index (χ3n) is 4.30. The molecule has 0 atom stereocenters. The SMILES string of the molecule is C#CCn1c(=NC(=O)c2cccc3ccccc23)sc2cc(C)ccc21. The number of carbonyl (C=O) groups is 1. The number of rotatable bonds is 2. The van der Waals surface area contributed by atoms with Crippen molar-refractivity contribution in [2.75, 3.05) is 0 Å². The highest BCUT2D eigenvalue weighted by molar-refractivity contribution is 7.16. The lowest BCUT2D eigenvalue weighted by molar-refractivity contribution is 0.0999. The lowest BCUT2D eigenvalue weighted by Gasteiger charge is -2.03. The van der Waals surface area contributed by atoms with Gasteiger partial charge in [-0.3, -0.25) is 4.79 Å². The molecule has 1 aromatic heterocycles. The highest BCUT2D eigenvalue weighted by Crippen LogP contribution is 2.21. The standard InChI is InChI=1S/C22H16N2OS/c1-3-13-24-19-12-11-15(2)14-20(19)26-22(24)23-21(25)18-10-6-8-16-7-4-5-9-17(16)18/h1,4-12,14H,13H2,2H3. The first kappa shape index (κ1) is 16.3. The molecule has 0 aliphatic rings. The summed E-state index contributed by atoms with van der Waals surface area (Å²) in [5, 5.41) is 1.93. The van der Waals surface area contributed by atoms with Crippen molar-refractivity contribution in [3.8, 4) is 12.3 Å². The Morgan fingerprint density at radius 2 is 1.96 bits per heavy atom. The number of fused-ring (bicyclic) bond motifs is 2. The summed E-state index contributed by atoms with van der Waals surface area (Å²) in [7, 11) is 0. The normalized spacial score (nSPS) is 11.8. The number of carbonyl (C=O) groups excluding carboxylic acids is 1. The molecule has 1 heterocycles. The number of benzene rings is 3. The van der Waals surface area contributed by atoms with E-state index >= 15 is 0 Å². The van der Waals surface area contributed by atoms with Crippen molar-refractivity contribution < 1.29 is 4.79 Å². The Labute approximate surface area is 155 Å². The van der Waals surface area contributed by atoms with Gasteiger partial charge in [0, 0.05) is 5.56 Å². The van der Waals surface area contributed by atoms with Crippen molar-refractivity contribution in [1.82, 2.24) is 4.57 Å². The van der Waals surface area contributed by atoms with Crippen LogP contribution in [-0.4, -0.2) is 10.5 Å². The summed E-state index contributed by atoms with van der Waals surface area (Å²) in [5.41, 5.74) is 2.77. The topological polar surface area (TPSA) is 34.4 Å². The zero-order valence-corrected chi connectivity index (χ0v) is 15.1. The van der Waals surface area contributed by atoms with E-state index in [0.29, 0.717) is 16.9 Å². The molecule has 4 heteroatoms. The first-order valence-electron chi connectivity index (χ1n) is 8.27. The van der Waals surface area contributed by atoms with Gasteiger partial charge in [0.2, 0.25) is 0 Å². The molecule has 4 aromatic rings. The lowest BCUT2D eigenvalue weighted by Crippen LogP contribution is -2.16. The molecule has 0 unspecified atom stereocenters.